The van der Waals surface area contributed by atoms with Crippen molar-refractivity contribution in [1.29, 1.82) is 0 Å². The predicted octanol–water partition coefficient (Wildman–Crippen LogP) is 2.12. The zero-order chi connectivity index (χ0) is 16.8. The molecule has 2 aliphatic rings. The topological polar surface area (TPSA) is 71.2 Å². The summed E-state index contributed by atoms with van der Waals surface area (Å²) < 4.78 is 1.42. The number of anilines is 1. The lowest BCUT2D eigenvalue weighted by Crippen LogP contribution is -2.23. The molecule has 0 bridgehead atoms. The van der Waals surface area contributed by atoms with E-state index in [1.807, 2.05) is 0 Å². The molecule has 2 unspecified atom stereocenters. The van der Waals surface area contributed by atoms with E-state index >= 15 is 0 Å². The van der Waals surface area contributed by atoms with Gasteiger partial charge in [-0.1, -0.05) is 13.0 Å². The van der Waals surface area contributed by atoms with E-state index in [4.69, 9.17) is 10.1 Å². The maximum absolute atomic E-state index is 11.2. The van der Waals surface area contributed by atoms with Gasteiger partial charge in [0.05, 0.1) is 5.69 Å². The molecule has 24 heavy (non-hydrogen) atoms. The highest BCUT2D eigenvalue weighted by Gasteiger charge is 2.45. The molecule has 0 amide bonds. The van der Waals surface area contributed by atoms with Crippen molar-refractivity contribution in [1.82, 2.24) is 14.8 Å². The van der Waals surface area contributed by atoms with Crippen molar-refractivity contribution in [3.63, 3.8) is 0 Å². The van der Waals surface area contributed by atoms with Crippen LogP contribution >= 0.6 is 0 Å². The van der Waals surface area contributed by atoms with E-state index in [-0.39, 0.29) is 5.69 Å². The van der Waals surface area contributed by atoms with E-state index in [1.54, 1.807) is 13.1 Å². The zero-order valence-corrected chi connectivity index (χ0v) is 14.1. The highest BCUT2D eigenvalue weighted by Crippen LogP contribution is 2.46. The average molecular weight is 326 g/mol. The van der Waals surface area contributed by atoms with Gasteiger partial charge in [0.15, 0.2) is 0 Å². The Morgan fingerprint density at radius 3 is 2.71 bits per heavy atom. The van der Waals surface area contributed by atoms with Gasteiger partial charge in [-0.2, -0.15) is 5.10 Å². The molecule has 2 fully saturated rings. The fourth-order valence-electron chi connectivity index (χ4n) is 3.76. The Morgan fingerprint density at radius 2 is 2.08 bits per heavy atom. The molecule has 6 heteroatoms. The SMILES string of the molecule is CCc1nc(N2CC3CC3C2)ccc1Cc1cc(C(=O)O)n(C)n1. The Bertz CT molecular complexity index is 788. The number of carbonyl (C=O) groups is 1. The van der Waals surface area contributed by atoms with Crippen molar-refractivity contribution in [3.05, 3.63) is 40.8 Å². The number of aromatic nitrogens is 3. The summed E-state index contributed by atoms with van der Waals surface area (Å²) >= 11 is 0. The summed E-state index contributed by atoms with van der Waals surface area (Å²) in [6.07, 6.45) is 2.87. The third-order valence-electron chi connectivity index (χ3n) is 5.21. The summed E-state index contributed by atoms with van der Waals surface area (Å²) in [4.78, 5) is 18.4. The van der Waals surface area contributed by atoms with E-state index in [2.05, 4.69) is 29.1 Å². The summed E-state index contributed by atoms with van der Waals surface area (Å²) in [5.74, 6) is 1.90. The van der Waals surface area contributed by atoms with Crippen LogP contribution in [0.4, 0.5) is 5.82 Å². The fourth-order valence-corrected chi connectivity index (χ4v) is 3.76. The Labute approximate surface area is 141 Å². The molecular formula is C18H22N4O2. The second kappa shape index (κ2) is 5.61. The van der Waals surface area contributed by atoms with E-state index in [9.17, 15) is 4.79 Å². The number of piperidine rings is 1. The Hall–Kier alpha value is -2.37. The predicted molar refractivity (Wildman–Crippen MR) is 90.4 cm³/mol. The van der Waals surface area contributed by atoms with Gasteiger partial charge in [0.2, 0.25) is 0 Å². The summed E-state index contributed by atoms with van der Waals surface area (Å²) in [5.41, 5.74) is 3.18. The van der Waals surface area contributed by atoms with Crippen LogP contribution in [-0.2, 0) is 19.9 Å². The zero-order valence-electron chi connectivity index (χ0n) is 14.1. The molecule has 6 nitrogen and oxygen atoms in total. The standard InChI is InChI=1S/C18H22N4O2/c1-3-15-11(7-14-8-16(18(23)24)21(2)20-14)4-5-17(19-15)22-9-12-6-13(12)10-22/h4-5,8,12-13H,3,6-7,9-10H2,1-2H3,(H,23,24). The normalized spacial score (nSPS) is 21.8. The van der Waals surface area contributed by atoms with Crippen molar-refractivity contribution >= 4 is 11.8 Å². The fraction of sp³-hybridized carbons (Fsp3) is 0.500. The van der Waals surface area contributed by atoms with E-state index < -0.39 is 5.97 Å². The molecule has 1 saturated heterocycles. The summed E-state index contributed by atoms with van der Waals surface area (Å²) in [6.45, 7) is 4.39. The first-order valence-electron chi connectivity index (χ1n) is 8.55. The maximum atomic E-state index is 11.2. The van der Waals surface area contributed by atoms with Gasteiger partial charge < -0.3 is 10.0 Å². The molecule has 3 heterocycles. The summed E-state index contributed by atoms with van der Waals surface area (Å²) in [5, 5.41) is 13.5. The molecule has 0 radical (unpaired) electrons. The lowest BCUT2D eigenvalue weighted by Gasteiger charge is -2.20. The van der Waals surface area contributed by atoms with Gasteiger partial charge in [-0.15, -0.1) is 0 Å². The van der Waals surface area contributed by atoms with Gasteiger partial charge in [-0.25, -0.2) is 9.78 Å². The minimum absolute atomic E-state index is 0.212. The van der Waals surface area contributed by atoms with E-state index in [1.165, 1.54) is 11.1 Å². The van der Waals surface area contributed by atoms with Crippen LogP contribution in [0.1, 0.15) is 40.8 Å². The molecule has 0 aromatic carbocycles. The molecule has 2 aromatic rings. The molecule has 1 saturated carbocycles. The van der Waals surface area contributed by atoms with Crippen LogP contribution in [-0.4, -0.2) is 38.9 Å². The van der Waals surface area contributed by atoms with Crippen LogP contribution in [0.2, 0.25) is 0 Å². The van der Waals surface area contributed by atoms with Crippen LogP contribution in [0, 0.1) is 11.8 Å². The van der Waals surface area contributed by atoms with Crippen molar-refractivity contribution in [2.75, 3.05) is 18.0 Å². The first-order chi connectivity index (χ1) is 11.5. The first-order valence-corrected chi connectivity index (χ1v) is 8.55. The van der Waals surface area contributed by atoms with Crippen LogP contribution in [0.5, 0.6) is 0 Å². The second-order valence-corrected chi connectivity index (χ2v) is 6.92. The van der Waals surface area contributed by atoms with Crippen LogP contribution < -0.4 is 4.90 Å². The molecule has 1 aliphatic heterocycles. The number of rotatable bonds is 5. The number of carboxylic acid groups (broad SMARTS) is 1. The summed E-state index contributed by atoms with van der Waals surface area (Å²) in [6, 6.07) is 5.87. The number of pyridine rings is 1. The van der Waals surface area contributed by atoms with Crippen molar-refractivity contribution in [2.24, 2.45) is 18.9 Å². The molecule has 2 atom stereocenters. The lowest BCUT2D eigenvalue weighted by molar-refractivity contribution is 0.0685. The van der Waals surface area contributed by atoms with Gasteiger partial charge in [-0.3, -0.25) is 4.68 Å². The number of fused-ring (bicyclic) bond motifs is 1. The summed E-state index contributed by atoms with van der Waals surface area (Å²) in [7, 11) is 1.66. The van der Waals surface area contributed by atoms with E-state index in [0.717, 1.165) is 54.1 Å². The highest BCUT2D eigenvalue weighted by molar-refractivity contribution is 5.85. The molecule has 126 valence electrons. The number of aromatic carboxylic acids is 1. The van der Waals surface area contributed by atoms with Gasteiger partial charge in [0.1, 0.15) is 11.5 Å². The van der Waals surface area contributed by atoms with Gasteiger partial charge in [-0.05, 0) is 42.4 Å². The van der Waals surface area contributed by atoms with Crippen LogP contribution in [0.15, 0.2) is 18.2 Å². The van der Waals surface area contributed by atoms with Crippen molar-refractivity contribution < 1.29 is 9.90 Å². The monoisotopic (exact) mass is 326 g/mol. The maximum Gasteiger partial charge on any atom is 0.354 e. The largest absolute Gasteiger partial charge is 0.477 e. The van der Waals surface area contributed by atoms with Gasteiger partial charge >= 0.3 is 5.97 Å². The molecule has 0 spiro atoms. The van der Waals surface area contributed by atoms with Crippen LogP contribution in [0.3, 0.4) is 0 Å². The average Bonchev–Trinajstić information content (AvgIpc) is 2.99. The van der Waals surface area contributed by atoms with Gasteiger partial charge in [0, 0.05) is 32.3 Å². The molecule has 1 aliphatic carbocycles. The Morgan fingerprint density at radius 1 is 1.33 bits per heavy atom. The number of aryl methyl sites for hydroxylation is 2. The number of hydrogen-bond acceptors (Lipinski definition) is 4. The Balaban J connectivity index is 1.56. The quantitative estimate of drug-likeness (QED) is 0.911. The van der Waals surface area contributed by atoms with Gasteiger partial charge in [0.25, 0.3) is 0 Å². The molecule has 4 rings (SSSR count). The minimum Gasteiger partial charge on any atom is -0.477 e. The number of hydrogen-bond donors (Lipinski definition) is 1. The van der Waals surface area contributed by atoms with Crippen molar-refractivity contribution in [3.8, 4) is 0 Å². The second-order valence-electron chi connectivity index (χ2n) is 6.92. The molecule has 1 N–H and O–H groups in total. The minimum atomic E-state index is -0.951. The van der Waals surface area contributed by atoms with Crippen LogP contribution in [0.25, 0.3) is 0 Å². The van der Waals surface area contributed by atoms with Crippen molar-refractivity contribution in [2.45, 2.75) is 26.2 Å². The first kappa shape index (κ1) is 15.2. The Kier molecular flexibility index (Phi) is 3.55. The third-order valence-corrected chi connectivity index (χ3v) is 5.21. The third kappa shape index (κ3) is 2.66. The number of nitrogens with zero attached hydrogens (tertiary/aromatic N) is 4. The molecule has 2 aromatic heterocycles. The molecular weight excluding hydrogens is 304 g/mol. The lowest BCUT2D eigenvalue weighted by atomic mass is 10.1. The smallest absolute Gasteiger partial charge is 0.354 e. The number of carboxylic acids is 1. The van der Waals surface area contributed by atoms with E-state index in [0.29, 0.717) is 6.42 Å². The highest BCUT2D eigenvalue weighted by atomic mass is 16.4.